The number of rotatable bonds is 0. The predicted molar refractivity (Wildman–Crippen MR) is 37.0 cm³/mol. The Bertz CT molecular complexity index is 200. The standard InChI is InChI=1S/C9H12/c1-5-2-3-6-4-7-8(5)9(6)7/h5,7-8H,2-4H2,1H3. The normalized spacial score (nSPS) is 52.3. The molecule has 0 aromatic heterocycles. The van der Waals surface area contributed by atoms with Gasteiger partial charge in [0.15, 0.2) is 0 Å². The van der Waals surface area contributed by atoms with Gasteiger partial charge in [-0.15, -0.1) is 0 Å². The van der Waals surface area contributed by atoms with Crippen molar-refractivity contribution in [2.24, 2.45) is 17.8 Å². The average Bonchev–Trinajstić information content (AvgIpc) is 2.39. The van der Waals surface area contributed by atoms with Crippen LogP contribution < -0.4 is 0 Å². The molecule has 0 spiro atoms. The van der Waals surface area contributed by atoms with Crippen molar-refractivity contribution in [3.8, 4) is 0 Å². The fraction of sp³-hybridized carbons (Fsp3) is 0.778. The Morgan fingerprint density at radius 3 is 3.11 bits per heavy atom. The summed E-state index contributed by atoms with van der Waals surface area (Å²) in [5.74, 6) is 3.24. The fourth-order valence-corrected chi connectivity index (χ4v) is 2.86. The molecule has 3 rings (SSSR count). The molecule has 1 fully saturated rings. The molecule has 3 aliphatic carbocycles. The van der Waals surface area contributed by atoms with Gasteiger partial charge in [0.2, 0.25) is 0 Å². The van der Waals surface area contributed by atoms with Gasteiger partial charge in [-0.25, -0.2) is 0 Å². The van der Waals surface area contributed by atoms with Crippen molar-refractivity contribution < 1.29 is 0 Å². The first-order valence-electron chi connectivity index (χ1n) is 4.09. The third-order valence-electron chi connectivity index (χ3n) is 3.47. The van der Waals surface area contributed by atoms with Gasteiger partial charge in [0, 0.05) is 0 Å². The van der Waals surface area contributed by atoms with E-state index in [1.54, 1.807) is 0 Å². The molecule has 3 atom stereocenters. The highest BCUT2D eigenvalue weighted by atomic mass is 14.6. The zero-order valence-electron chi connectivity index (χ0n) is 5.85. The molecule has 3 unspecified atom stereocenters. The second-order valence-corrected chi connectivity index (χ2v) is 3.91. The van der Waals surface area contributed by atoms with Crippen LogP contribution in [0.2, 0.25) is 0 Å². The minimum atomic E-state index is 1.04. The number of hydrogen-bond donors (Lipinski definition) is 0. The maximum atomic E-state index is 2.42. The summed E-state index contributed by atoms with van der Waals surface area (Å²) in [4.78, 5) is 0. The summed E-state index contributed by atoms with van der Waals surface area (Å²) in [5.41, 5.74) is 3.75. The molecule has 0 nitrogen and oxygen atoms in total. The van der Waals surface area contributed by atoms with Crippen molar-refractivity contribution in [2.45, 2.75) is 26.2 Å². The summed E-state index contributed by atoms with van der Waals surface area (Å²) in [6, 6.07) is 0. The molecule has 0 heterocycles. The van der Waals surface area contributed by atoms with E-state index < -0.39 is 0 Å². The third-order valence-corrected chi connectivity index (χ3v) is 3.47. The molecule has 0 aromatic rings. The molecule has 0 bridgehead atoms. The van der Waals surface area contributed by atoms with Crippen LogP contribution in [-0.2, 0) is 0 Å². The van der Waals surface area contributed by atoms with Crippen LogP contribution in [0.4, 0.5) is 0 Å². The monoisotopic (exact) mass is 120 g/mol. The molecule has 0 amide bonds. The van der Waals surface area contributed by atoms with E-state index in [4.69, 9.17) is 0 Å². The van der Waals surface area contributed by atoms with E-state index in [1.807, 2.05) is 11.1 Å². The van der Waals surface area contributed by atoms with Crippen LogP contribution in [0.5, 0.6) is 0 Å². The molecule has 3 aliphatic rings. The number of fused-ring (bicyclic) bond motifs is 1. The molecule has 0 radical (unpaired) electrons. The van der Waals surface area contributed by atoms with E-state index in [0.29, 0.717) is 0 Å². The quantitative estimate of drug-likeness (QED) is 0.430. The molecule has 0 aliphatic heterocycles. The van der Waals surface area contributed by atoms with Crippen LogP contribution in [0.1, 0.15) is 26.2 Å². The summed E-state index contributed by atoms with van der Waals surface area (Å²) >= 11 is 0. The Morgan fingerprint density at radius 2 is 2.33 bits per heavy atom. The minimum absolute atomic E-state index is 1.04. The van der Waals surface area contributed by atoms with Crippen molar-refractivity contribution in [2.75, 3.05) is 0 Å². The zero-order chi connectivity index (χ0) is 6.01. The van der Waals surface area contributed by atoms with Gasteiger partial charge in [-0.2, -0.15) is 0 Å². The lowest BCUT2D eigenvalue weighted by Gasteiger charge is -2.15. The molecule has 9 heavy (non-hydrogen) atoms. The maximum absolute atomic E-state index is 2.42. The third kappa shape index (κ3) is 0.357. The second kappa shape index (κ2) is 1.12. The van der Waals surface area contributed by atoms with E-state index in [0.717, 1.165) is 17.8 Å². The van der Waals surface area contributed by atoms with Crippen LogP contribution in [-0.4, -0.2) is 0 Å². The van der Waals surface area contributed by atoms with E-state index >= 15 is 0 Å². The van der Waals surface area contributed by atoms with Crippen LogP contribution in [0.25, 0.3) is 0 Å². The molecule has 0 N–H and O–H groups in total. The van der Waals surface area contributed by atoms with Crippen molar-refractivity contribution in [1.82, 2.24) is 0 Å². The lowest BCUT2D eigenvalue weighted by Crippen LogP contribution is -2.01. The first-order valence-corrected chi connectivity index (χ1v) is 4.09. The largest absolute Gasteiger partial charge is 0.0698 e. The Balaban J connectivity index is 2.06. The molecule has 48 valence electrons. The van der Waals surface area contributed by atoms with Crippen LogP contribution in [0, 0.1) is 17.8 Å². The van der Waals surface area contributed by atoms with Crippen LogP contribution in [0.15, 0.2) is 11.1 Å². The Hall–Kier alpha value is -0.260. The van der Waals surface area contributed by atoms with Crippen LogP contribution >= 0.6 is 0 Å². The van der Waals surface area contributed by atoms with E-state index in [-0.39, 0.29) is 0 Å². The van der Waals surface area contributed by atoms with Gasteiger partial charge in [0.25, 0.3) is 0 Å². The van der Waals surface area contributed by atoms with E-state index in [2.05, 4.69) is 6.92 Å². The predicted octanol–water partition coefficient (Wildman–Crippen LogP) is 2.36. The zero-order valence-corrected chi connectivity index (χ0v) is 5.85. The lowest BCUT2D eigenvalue weighted by atomic mass is 9.90. The minimum Gasteiger partial charge on any atom is -0.0698 e. The molecule has 0 heteroatoms. The molecule has 1 saturated carbocycles. The Labute approximate surface area is 56.0 Å². The molecule has 0 saturated heterocycles. The van der Waals surface area contributed by atoms with Crippen molar-refractivity contribution in [3.05, 3.63) is 11.1 Å². The summed E-state index contributed by atoms with van der Waals surface area (Å²) in [5, 5.41) is 0. The Morgan fingerprint density at radius 1 is 1.44 bits per heavy atom. The lowest BCUT2D eigenvalue weighted by molar-refractivity contribution is 0.469. The smallest absolute Gasteiger partial charge is 0.00917 e. The SMILES string of the molecule is CC1CCC2=C3C(C2)C31. The highest BCUT2D eigenvalue weighted by Gasteiger charge is 2.56. The number of allylic oxidation sites excluding steroid dienone is 2. The Kier molecular flexibility index (Phi) is 0.564. The summed E-state index contributed by atoms with van der Waals surface area (Å²) in [6.45, 7) is 2.42. The van der Waals surface area contributed by atoms with Crippen molar-refractivity contribution in [1.29, 1.82) is 0 Å². The highest BCUT2D eigenvalue weighted by molar-refractivity contribution is 5.48. The summed E-state index contributed by atoms with van der Waals surface area (Å²) < 4.78 is 0. The van der Waals surface area contributed by atoms with Gasteiger partial charge in [0.1, 0.15) is 0 Å². The fourth-order valence-electron chi connectivity index (χ4n) is 2.86. The molecular formula is C9H12. The second-order valence-electron chi connectivity index (χ2n) is 3.91. The number of hydrogen-bond acceptors (Lipinski definition) is 0. The first kappa shape index (κ1) is 4.54. The highest BCUT2D eigenvalue weighted by Crippen LogP contribution is 2.67. The van der Waals surface area contributed by atoms with E-state index in [1.165, 1.54) is 19.3 Å². The summed E-state index contributed by atoms with van der Waals surface area (Å²) in [7, 11) is 0. The molecule has 0 aromatic carbocycles. The van der Waals surface area contributed by atoms with Gasteiger partial charge in [-0.05, 0) is 37.0 Å². The van der Waals surface area contributed by atoms with Gasteiger partial charge in [0.05, 0.1) is 0 Å². The first-order chi connectivity index (χ1) is 4.38. The average molecular weight is 120 g/mol. The van der Waals surface area contributed by atoms with Crippen molar-refractivity contribution in [3.63, 3.8) is 0 Å². The van der Waals surface area contributed by atoms with Crippen molar-refractivity contribution >= 4 is 0 Å². The van der Waals surface area contributed by atoms with Gasteiger partial charge < -0.3 is 0 Å². The maximum Gasteiger partial charge on any atom is -0.00917 e. The van der Waals surface area contributed by atoms with Gasteiger partial charge in [-0.1, -0.05) is 18.1 Å². The van der Waals surface area contributed by atoms with Gasteiger partial charge in [-0.3, -0.25) is 0 Å². The van der Waals surface area contributed by atoms with Crippen LogP contribution in [0.3, 0.4) is 0 Å². The topological polar surface area (TPSA) is 0 Å². The van der Waals surface area contributed by atoms with Gasteiger partial charge >= 0.3 is 0 Å². The molecular weight excluding hydrogens is 108 g/mol. The summed E-state index contributed by atoms with van der Waals surface area (Å²) in [6.07, 6.45) is 4.42. The van der Waals surface area contributed by atoms with E-state index in [9.17, 15) is 0 Å².